The molecule has 8 heteroatoms. The maximum absolute atomic E-state index is 13.5. The van der Waals surface area contributed by atoms with Gasteiger partial charge in [-0.1, -0.05) is 6.07 Å². The van der Waals surface area contributed by atoms with Crippen molar-refractivity contribution < 1.29 is 17.9 Å². The number of nitrogens with zero attached hydrogens (tertiary/aromatic N) is 1. The average Bonchev–Trinajstić information content (AvgIpc) is 3.38. The second-order valence-electron chi connectivity index (χ2n) is 6.39. The van der Waals surface area contributed by atoms with E-state index >= 15 is 0 Å². The third-order valence-electron chi connectivity index (χ3n) is 4.85. The second kappa shape index (κ2) is 6.63. The second-order valence-corrected chi connectivity index (χ2v) is 10.3. The fourth-order valence-electron chi connectivity index (χ4n) is 3.61. The van der Waals surface area contributed by atoms with Gasteiger partial charge in [0.05, 0.1) is 10.9 Å². The number of rotatable bonds is 3. The van der Waals surface area contributed by atoms with Crippen LogP contribution in [0.25, 0.3) is 0 Å². The van der Waals surface area contributed by atoms with Gasteiger partial charge in [0.2, 0.25) is 10.0 Å². The molecule has 2 aliphatic heterocycles. The molecule has 140 valence electrons. The Morgan fingerprint density at radius 2 is 1.85 bits per heavy atom. The van der Waals surface area contributed by atoms with Gasteiger partial charge in [-0.3, -0.25) is 0 Å². The number of ether oxygens (including phenoxy) is 2. The minimum atomic E-state index is -3.68. The minimum absolute atomic E-state index is 0.243. The van der Waals surface area contributed by atoms with Crippen molar-refractivity contribution in [2.24, 2.45) is 0 Å². The Labute approximate surface area is 165 Å². The van der Waals surface area contributed by atoms with Crippen LogP contribution < -0.4 is 9.47 Å². The van der Waals surface area contributed by atoms with Crippen LogP contribution in [0.1, 0.15) is 21.4 Å². The molecule has 0 fully saturated rings. The first-order valence-corrected chi connectivity index (χ1v) is 11.9. The highest BCUT2D eigenvalue weighted by molar-refractivity contribution is 7.89. The number of hydrogen-bond acceptors (Lipinski definition) is 6. The summed E-state index contributed by atoms with van der Waals surface area (Å²) < 4.78 is 39.8. The van der Waals surface area contributed by atoms with Gasteiger partial charge >= 0.3 is 0 Å². The monoisotopic (exact) mass is 419 g/mol. The predicted molar refractivity (Wildman–Crippen MR) is 106 cm³/mol. The third-order valence-corrected chi connectivity index (χ3v) is 8.64. The maximum Gasteiger partial charge on any atom is 0.244 e. The van der Waals surface area contributed by atoms with Crippen molar-refractivity contribution in [1.82, 2.24) is 4.31 Å². The molecule has 0 unspecified atom stereocenters. The summed E-state index contributed by atoms with van der Waals surface area (Å²) in [6, 6.07) is 10.6. The van der Waals surface area contributed by atoms with Crippen LogP contribution in [0, 0.1) is 0 Å². The molecule has 5 nitrogen and oxygen atoms in total. The Morgan fingerprint density at radius 1 is 1.00 bits per heavy atom. The van der Waals surface area contributed by atoms with Crippen LogP contribution in [0.4, 0.5) is 0 Å². The van der Waals surface area contributed by atoms with Crippen LogP contribution in [-0.4, -0.2) is 32.5 Å². The van der Waals surface area contributed by atoms with Gasteiger partial charge in [0.25, 0.3) is 0 Å². The highest BCUT2D eigenvalue weighted by Crippen LogP contribution is 2.43. The van der Waals surface area contributed by atoms with E-state index in [-0.39, 0.29) is 10.9 Å². The van der Waals surface area contributed by atoms with Crippen molar-refractivity contribution in [3.8, 4) is 11.5 Å². The molecule has 0 aliphatic carbocycles. The van der Waals surface area contributed by atoms with E-state index in [2.05, 4.69) is 6.07 Å². The number of sulfonamides is 1. The first-order valence-electron chi connectivity index (χ1n) is 8.66. The Morgan fingerprint density at radius 3 is 2.67 bits per heavy atom. The lowest BCUT2D eigenvalue weighted by atomic mass is 10.0. The van der Waals surface area contributed by atoms with Crippen LogP contribution in [0.5, 0.6) is 11.5 Å². The molecule has 0 saturated heterocycles. The summed E-state index contributed by atoms with van der Waals surface area (Å²) in [5, 5.41) is 4.04. The van der Waals surface area contributed by atoms with Gasteiger partial charge < -0.3 is 9.47 Å². The number of benzene rings is 1. The summed E-state index contributed by atoms with van der Waals surface area (Å²) in [7, 11) is -3.68. The Balaban J connectivity index is 1.60. The summed E-state index contributed by atoms with van der Waals surface area (Å²) in [5.41, 5.74) is 1.09. The van der Waals surface area contributed by atoms with E-state index in [1.807, 2.05) is 22.9 Å². The number of thiophene rings is 2. The largest absolute Gasteiger partial charge is 0.486 e. The molecule has 27 heavy (non-hydrogen) atoms. The fraction of sp³-hybridized carbons (Fsp3) is 0.263. The van der Waals surface area contributed by atoms with E-state index in [0.29, 0.717) is 31.3 Å². The van der Waals surface area contributed by atoms with Crippen LogP contribution in [0.2, 0.25) is 0 Å². The first-order chi connectivity index (χ1) is 13.1. The summed E-state index contributed by atoms with van der Waals surface area (Å²) in [6.07, 6.45) is 0.735. The third kappa shape index (κ3) is 2.87. The van der Waals surface area contributed by atoms with Gasteiger partial charge in [-0.05, 0) is 47.0 Å². The van der Waals surface area contributed by atoms with E-state index in [4.69, 9.17) is 9.47 Å². The van der Waals surface area contributed by atoms with E-state index < -0.39 is 10.0 Å². The Kier molecular flexibility index (Phi) is 4.23. The van der Waals surface area contributed by atoms with Gasteiger partial charge in [0.15, 0.2) is 11.5 Å². The molecular formula is C19H17NO4S3. The average molecular weight is 420 g/mol. The van der Waals surface area contributed by atoms with E-state index in [9.17, 15) is 8.42 Å². The molecule has 5 rings (SSSR count). The van der Waals surface area contributed by atoms with Crippen LogP contribution in [-0.2, 0) is 16.4 Å². The molecule has 1 atom stereocenters. The molecule has 4 heterocycles. The van der Waals surface area contributed by atoms with Crippen molar-refractivity contribution >= 4 is 32.7 Å². The highest BCUT2D eigenvalue weighted by Gasteiger charge is 2.38. The van der Waals surface area contributed by atoms with Gasteiger partial charge in [-0.2, -0.15) is 4.31 Å². The van der Waals surface area contributed by atoms with Gasteiger partial charge in [0, 0.05) is 22.4 Å². The van der Waals surface area contributed by atoms with Crippen molar-refractivity contribution in [1.29, 1.82) is 0 Å². The Hall–Kier alpha value is -1.87. The fourth-order valence-corrected chi connectivity index (χ4v) is 7.04. The molecule has 2 aromatic heterocycles. The zero-order valence-corrected chi connectivity index (χ0v) is 16.8. The minimum Gasteiger partial charge on any atom is -0.486 e. The molecule has 2 aliphatic rings. The lowest BCUT2D eigenvalue weighted by Crippen LogP contribution is -2.39. The maximum atomic E-state index is 13.5. The topological polar surface area (TPSA) is 55.8 Å². The molecule has 0 amide bonds. The van der Waals surface area contributed by atoms with E-state index in [0.717, 1.165) is 16.9 Å². The zero-order valence-electron chi connectivity index (χ0n) is 14.3. The first kappa shape index (κ1) is 17.2. The van der Waals surface area contributed by atoms with Crippen LogP contribution in [0.15, 0.2) is 52.1 Å². The molecule has 1 aromatic carbocycles. The van der Waals surface area contributed by atoms with Crippen molar-refractivity contribution in [2.45, 2.75) is 17.4 Å². The lowest BCUT2D eigenvalue weighted by Gasteiger charge is -2.34. The van der Waals surface area contributed by atoms with Crippen molar-refractivity contribution in [3.05, 3.63) is 62.5 Å². The number of hydrogen-bond donors (Lipinski definition) is 0. The highest BCUT2D eigenvalue weighted by atomic mass is 32.2. The molecule has 0 bridgehead atoms. The predicted octanol–water partition coefficient (Wildman–Crippen LogP) is 3.92. The van der Waals surface area contributed by atoms with Gasteiger partial charge in [0.1, 0.15) is 13.2 Å². The standard InChI is InChI=1S/C19H17NO4S3/c21-27(22,13-3-4-15-16(12-13)24-9-8-23-15)20-7-5-17-14(6-11-26-17)19(20)18-2-1-10-25-18/h1-4,6,10-12,19H,5,7-9H2/t19-/m0/s1. The molecule has 3 aromatic rings. The SMILES string of the molecule is O=S(=O)(c1ccc2c(c1)OCCO2)N1CCc2sccc2[C@H]1c1cccs1. The smallest absolute Gasteiger partial charge is 0.244 e. The van der Waals surface area contributed by atoms with Crippen LogP contribution in [0.3, 0.4) is 0 Å². The van der Waals surface area contributed by atoms with Gasteiger partial charge in [-0.15, -0.1) is 22.7 Å². The molecule has 0 radical (unpaired) electrons. The molecule has 0 saturated carbocycles. The van der Waals surface area contributed by atoms with Crippen LogP contribution >= 0.6 is 22.7 Å². The zero-order chi connectivity index (χ0) is 18.4. The van der Waals surface area contributed by atoms with Crippen molar-refractivity contribution in [2.75, 3.05) is 19.8 Å². The summed E-state index contributed by atoms with van der Waals surface area (Å²) >= 11 is 3.29. The van der Waals surface area contributed by atoms with Crippen molar-refractivity contribution in [3.63, 3.8) is 0 Å². The van der Waals surface area contributed by atoms with E-state index in [1.54, 1.807) is 45.2 Å². The molecule has 0 spiro atoms. The van der Waals surface area contributed by atoms with E-state index in [1.165, 1.54) is 4.88 Å². The van der Waals surface area contributed by atoms with Gasteiger partial charge in [-0.25, -0.2) is 8.42 Å². The quantitative estimate of drug-likeness (QED) is 0.646. The lowest BCUT2D eigenvalue weighted by molar-refractivity contribution is 0.171. The summed E-state index contributed by atoms with van der Waals surface area (Å²) in [4.78, 5) is 2.55. The molecule has 0 N–H and O–H groups in total. The Bertz CT molecular complexity index is 1070. The molecular weight excluding hydrogens is 402 g/mol. The summed E-state index contributed by atoms with van der Waals surface area (Å²) in [6.45, 7) is 1.37. The normalized spacial score (nSPS) is 19.6. The number of fused-ring (bicyclic) bond motifs is 2. The summed E-state index contributed by atoms with van der Waals surface area (Å²) in [5.74, 6) is 1.08.